The van der Waals surface area contributed by atoms with E-state index in [4.69, 9.17) is 24.1 Å². The second kappa shape index (κ2) is 6.87. The molecule has 0 aromatic carbocycles. The van der Waals surface area contributed by atoms with Crippen LogP contribution in [0.1, 0.15) is 19.3 Å². The minimum atomic E-state index is -0.472. The standard InChI is InChI=1S/C5H7N.2ClH.Pt/c6-4-3-5-1-2-5;;;/h5H,1-3H2;2*1H;/q;;;+2/p-2. The van der Waals surface area contributed by atoms with E-state index in [-0.39, 0.29) is 0 Å². The van der Waals surface area contributed by atoms with E-state index < -0.39 is 16.5 Å². The molecule has 56 valence electrons. The van der Waals surface area contributed by atoms with Crippen molar-refractivity contribution < 1.29 is 16.5 Å². The summed E-state index contributed by atoms with van der Waals surface area (Å²) in [4.78, 5) is 0. The summed E-state index contributed by atoms with van der Waals surface area (Å²) in [6.45, 7) is 0. The SMILES string of the molecule is N#CCC1CC1.[Cl][Pt][Cl]. The van der Waals surface area contributed by atoms with Crippen molar-refractivity contribution in [3.05, 3.63) is 0 Å². The molecule has 0 atom stereocenters. The predicted octanol–water partition coefficient (Wildman–Crippen LogP) is 2.69. The van der Waals surface area contributed by atoms with Gasteiger partial charge in [-0.15, -0.1) is 0 Å². The molecule has 1 nitrogen and oxygen atoms in total. The maximum absolute atomic E-state index is 8.03. The minimum absolute atomic E-state index is 0.472. The van der Waals surface area contributed by atoms with Gasteiger partial charge in [0.15, 0.2) is 0 Å². The summed E-state index contributed by atoms with van der Waals surface area (Å²) in [5.41, 5.74) is 0. The summed E-state index contributed by atoms with van der Waals surface area (Å²) < 4.78 is 0. The van der Waals surface area contributed by atoms with Crippen LogP contribution in [-0.4, -0.2) is 0 Å². The summed E-state index contributed by atoms with van der Waals surface area (Å²) in [6, 6.07) is 2.13. The van der Waals surface area contributed by atoms with Crippen molar-refractivity contribution in [3.8, 4) is 6.07 Å². The van der Waals surface area contributed by atoms with Crippen LogP contribution in [0.2, 0.25) is 0 Å². The van der Waals surface area contributed by atoms with E-state index in [1.54, 1.807) is 0 Å². The molecule has 0 aliphatic heterocycles. The summed E-state index contributed by atoms with van der Waals surface area (Å²) in [6.07, 6.45) is 3.39. The van der Waals surface area contributed by atoms with Crippen molar-refractivity contribution in [2.45, 2.75) is 19.3 Å². The number of hydrogen-bond acceptors (Lipinski definition) is 1. The van der Waals surface area contributed by atoms with Crippen LogP contribution in [-0.2, 0) is 16.5 Å². The number of nitriles is 1. The molecule has 0 amide bonds. The van der Waals surface area contributed by atoms with Gasteiger partial charge in [-0.3, -0.25) is 0 Å². The molecule has 0 heterocycles. The zero-order valence-corrected chi connectivity index (χ0v) is 8.50. The Labute approximate surface area is 71.7 Å². The van der Waals surface area contributed by atoms with Crippen LogP contribution in [0.15, 0.2) is 0 Å². The normalized spacial score (nSPS) is 15.7. The Kier molecular flexibility index (Phi) is 7.45. The van der Waals surface area contributed by atoms with Gasteiger partial charge in [0.2, 0.25) is 0 Å². The van der Waals surface area contributed by atoms with Crippen LogP contribution in [0, 0.1) is 17.2 Å². The summed E-state index contributed by atoms with van der Waals surface area (Å²) >= 11 is -0.472. The van der Waals surface area contributed by atoms with E-state index in [2.05, 4.69) is 6.07 Å². The zero-order chi connectivity index (χ0) is 7.11. The van der Waals surface area contributed by atoms with Crippen LogP contribution >= 0.6 is 18.8 Å². The van der Waals surface area contributed by atoms with Gasteiger partial charge in [-0.1, -0.05) is 0 Å². The van der Waals surface area contributed by atoms with Crippen molar-refractivity contribution in [3.63, 3.8) is 0 Å². The molecule has 9 heavy (non-hydrogen) atoms. The predicted molar refractivity (Wildman–Crippen MR) is 34.7 cm³/mol. The fraction of sp³-hybridized carbons (Fsp3) is 0.800. The van der Waals surface area contributed by atoms with Gasteiger partial charge in [0.1, 0.15) is 0 Å². The Morgan fingerprint density at radius 2 is 2.00 bits per heavy atom. The summed E-state index contributed by atoms with van der Waals surface area (Å²) in [5.74, 6) is 0.787. The van der Waals surface area contributed by atoms with Gasteiger partial charge in [-0.25, -0.2) is 0 Å². The maximum atomic E-state index is 8.03. The first-order valence-corrected chi connectivity index (χ1v) is 8.17. The van der Waals surface area contributed by atoms with E-state index in [0.717, 1.165) is 12.3 Å². The fourth-order valence-corrected chi connectivity index (χ4v) is 0.451. The third-order valence-corrected chi connectivity index (χ3v) is 1.08. The molecule has 0 bridgehead atoms. The van der Waals surface area contributed by atoms with Crippen molar-refractivity contribution in [1.29, 1.82) is 5.26 Å². The Hall–Kier alpha value is 0.758. The summed E-state index contributed by atoms with van der Waals surface area (Å²) in [5, 5.41) is 8.03. The third kappa shape index (κ3) is 8.76. The van der Waals surface area contributed by atoms with Gasteiger partial charge in [0.25, 0.3) is 0 Å². The Morgan fingerprint density at radius 1 is 1.56 bits per heavy atom. The molecule has 1 saturated carbocycles. The van der Waals surface area contributed by atoms with Gasteiger partial charge < -0.3 is 0 Å². The van der Waals surface area contributed by atoms with Crippen molar-refractivity contribution in [2.24, 2.45) is 5.92 Å². The Balaban J connectivity index is 0.000000187. The van der Waals surface area contributed by atoms with E-state index in [1.165, 1.54) is 12.8 Å². The first-order valence-electron chi connectivity index (χ1n) is 2.54. The molecule has 0 radical (unpaired) electrons. The molecule has 0 N–H and O–H groups in total. The van der Waals surface area contributed by atoms with Crippen LogP contribution < -0.4 is 0 Å². The second-order valence-corrected chi connectivity index (χ2v) is 5.13. The number of rotatable bonds is 1. The van der Waals surface area contributed by atoms with Gasteiger partial charge in [0, 0.05) is 6.42 Å². The van der Waals surface area contributed by atoms with E-state index in [9.17, 15) is 0 Å². The average Bonchev–Trinajstić information content (AvgIpc) is 2.53. The molecular formula is C5H7Cl2NPt. The molecule has 0 saturated heterocycles. The molecule has 0 spiro atoms. The van der Waals surface area contributed by atoms with Gasteiger partial charge in [0.05, 0.1) is 6.07 Å². The van der Waals surface area contributed by atoms with E-state index in [0.29, 0.717) is 0 Å². The number of hydrogen-bond donors (Lipinski definition) is 0. The average molecular weight is 347 g/mol. The van der Waals surface area contributed by atoms with Crippen molar-refractivity contribution in [2.75, 3.05) is 0 Å². The molecule has 1 aliphatic carbocycles. The molecule has 1 fully saturated rings. The molecule has 0 aromatic rings. The fourth-order valence-electron chi connectivity index (χ4n) is 0.451. The Bertz CT molecular complexity index is 97.6. The molecule has 1 aliphatic rings. The molecule has 0 unspecified atom stereocenters. The van der Waals surface area contributed by atoms with Crippen LogP contribution in [0.4, 0.5) is 0 Å². The third-order valence-electron chi connectivity index (χ3n) is 1.08. The van der Waals surface area contributed by atoms with E-state index in [1.807, 2.05) is 0 Å². The van der Waals surface area contributed by atoms with Gasteiger partial charge in [-0.05, 0) is 18.8 Å². The van der Waals surface area contributed by atoms with Crippen molar-refractivity contribution >= 4 is 18.8 Å². The first kappa shape index (κ1) is 9.76. The topological polar surface area (TPSA) is 23.8 Å². The quantitative estimate of drug-likeness (QED) is 0.716. The number of halogens is 2. The first-order chi connectivity index (χ1) is 4.35. The Morgan fingerprint density at radius 3 is 2.11 bits per heavy atom. The molecule has 0 aromatic heterocycles. The van der Waals surface area contributed by atoms with Crippen LogP contribution in [0.5, 0.6) is 0 Å². The molecule has 4 heteroatoms. The van der Waals surface area contributed by atoms with Crippen LogP contribution in [0.25, 0.3) is 0 Å². The van der Waals surface area contributed by atoms with Crippen molar-refractivity contribution in [1.82, 2.24) is 0 Å². The molecular weight excluding hydrogens is 340 g/mol. The van der Waals surface area contributed by atoms with Gasteiger partial charge in [-0.2, -0.15) is 5.26 Å². The number of nitrogens with zero attached hydrogens (tertiary/aromatic N) is 1. The summed E-state index contributed by atoms with van der Waals surface area (Å²) in [7, 11) is 9.75. The van der Waals surface area contributed by atoms with Gasteiger partial charge >= 0.3 is 35.3 Å². The van der Waals surface area contributed by atoms with E-state index >= 15 is 0 Å². The molecule has 1 rings (SSSR count). The monoisotopic (exact) mass is 346 g/mol. The van der Waals surface area contributed by atoms with Crippen LogP contribution in [0.3, 0.4) is 0 Å². The second-order valence-electron chi connectivity index (χ2n) is 1.85. The zero-order valence-electron chi connectivity index (χ0n) is 4.72.